The van der Waals surface area contributed by atoms with Gasteiger partial charge in [-0.15, -0.1) is 0 Å². The first-order valence-corrected chi connectivity index (χ1v) is 8.61. The minimum atomic E-state index is -0.421. The second kappa shape index (κ2) is 8.60. The minimum Gasteiger partial charge on any atom is -0.465 e. The fourth-order valence-corrected chi connectivity index (χ4v) is 3.04. The summed E-state index contributed by atoms with van der Waals surface area (Å²) in [4.78, 5) is 19.4. The molecule has 1 unspecified atom stereocenters. The van der Waals surface area contributed by atoms with Crippen molar-refractivity contribution in [2.45, 2.75) is 13.0 Å². The lowest BCUT2D eigenvalue weighted by atomic mass is 9.98. The normalized spacial score (nSPS) is 11.7. The number of aromatic nitrogens is 2. The molecule has 0 spiro atoms. The van der Waals surface area contributed by atoms with E-state index < -0.39 is 6.04 Å². The van der Waals surface area contributed by atoms with Crippen LogP contribution in [0.15, 0.2) is 54.9 Å². The van der Waals surface area contributed by atoms with E-state index in [1.165, 1.54) is 18.5 Å². The summed E-state index contributed by atoms with van der Waals surface area (Å²) < 4.78 is 18.3. The number of carbonyl (C=O) groups is 1. The highest BCUT2D eigenvalue weighted by atomic mass is 35.5. The zero-order valence-corrected chi connectivity index (χ0v) is 15.3. The summed E-state index contributed by atoms with van der Waals surface area (Å²) in [5, 5.41) is 3.89. The summed E-state index contributed by atoms with van der Waals surface area (Å²) in [6.45, 7) is 2.30. The number of anilines is 1. The van der Waals surface area contributed by atoms with Gasteiger partial charge in [0.1, 0.15) is 18.8 Å². The Morgan fingerprint density at radius 2 is 2.00 bits per heavy atom. The number of rotatable bonds is 7. The molecule has 0 saturated carbocycles. The number of nitrogens with zero attached hydrogens (tertiary/aromatic N) is 2. The number of benzene rings is 2. The zero-order valence-electron chi connectivity index (χ0n) is 14.5. The van der Waals surface area contributed by atoms with Crippen LogP contribution in [0.3, 0.4) is 0 Å². The highest BCUT2D eigenvalue weighted by Crippen LogP contribution is 2.31. The van der Waals surface area contributed by atoms with Gasteiger partial charge < -0.3 is 10.1 Å². The molecule has 3 aromatic rings. The molecule has 0 aliphatic rings. The first-order valence-electron chi connectivity index (χ1n) is 8.23. The van der Waals surface area contributed by atoms with Gasteiger partial charge in [0.05, 0.1) is 11.7 Å². The van der Waals surface area contributed by atoms with Crippen LogP contribution in [0.5, 0.6) is 0 Å². The molecule has 1 N–H and O–H groups in total. The molecule has 0 aliphatic heterocycles. The monoisotopic (exact) mass is 385 g/mol. The van der Waals surface area contributed by atoms with Gasteiger partial charge in [0.2, 0.25) is 0 Å². The molecule has 1 heterocycles. The van der Waals surface area contributed by atoms with Crippen LogP contribution in [0.25, 0.3) is 11.3 Å². The van der Waals surface area contributed by atoms with Gasteiger partial charge in [-0.05, 0) is 49.4 Å². The van der Waals surface area contributed by atoms with E-state index in [0.29, 0.717) is 17.2 Å². The Hall–Kier alpha value is -2.99. The Bertz CT molecular complexity index is 935. The molecule has 27 heavy (non-hydrogen) atoms. The van der Waals surface area contributed by atoms with Gasteiger partial charge in [-0.1, -0.05) is 17.7 Å². The summed E-state index contributed by atoms with van der Waals surface area (Å²) in [7, 11) is 0. The summed E-state index contributed by atoms with van der Waals surface area (Å²) in [5.41, 5.74) is 3.61. The van der Waals surface area contributed by atoms with E-state index in [4.69, 9.17) is 16.3 Å². The summed E-state index contributed by atoms with van der Waals surface area (Å²) >= 11 is 6.06. The smallest absolute Gasteiger partial charge is 0.293 e. The van der Waals surface area contributed by atoms with Crippen molar-refractivity contribution in [2.24, 2.45) is 0 Å². The van der Waals surface area contributed by atoms with Gasteiger partial charge in [0.15, 0.2) is 0 Å². The molecular weight excluding hydrogens is 369 g/mol. The highest BCUT2D eigenvalue weighted by molar-refractivity contribution is 6.30. The molecule has 1 atom stereocenters. The average Bonchev–Trinajstić information content (AvgIpc) is 2.66. The van der Waals surface area contributed by atoms with Gasteiger partial charge in [-0.2, -0.15) is 0 Å². The van der Waals surface area contributed by atoms with Gasteiger partial charge in [0.25, 0.3) is 6.47 Å². The van der Waals surface area contributed by atoms with Crippen LogP contribution >= 0.6 is 11.6 Å². The third kappa shape index (κ3) is 4.60. The average molecular weight is 386 g/mol. The maximum absolute atomic E-state index is 13.3. The van der Waals surface area contributed by atoms with Crippen molar-refractivity contribution in [1.29, 1.82) is 0 Å². The largest absolute Gasteiger partial charge is 0.465 e. The van der Waals surface area contributed by atoms with E-state index in [-0.39, 0.29) is 12.4 Å². The minimum absolute atomic E-state index is 0.0679. The first-order chi connectivity index (χ1) is 13.1. The van der Waals surface area contributed by atoms with Crippen LogP contribution in [0, 0.1) is 12.7 Å². The number of aryl methyl sites for hydroxylation is 1. The van der Waals surface area contributed by atoms with Gasteiger partial charge in [0, 0.05) is 27.5 Å². The van der Waals surface area contributed by atoms with E-state index in [9.17, 15) is 9.18 Å². The highest BCUT2D eigenvalue weighted by Gasteiger charge is 2.21. The Morgan fingerprint density at radius 1 is 1.22 bits per heavy atom. The number of ether oxygens (including phenoxy) is 1. The Morgan fingerprint density at radius 3 is 2.70 bits per heavy atom. The summed E-state index contributed by atoms with van der Waals surface area (Å²) in [5.74, 6) is -0.330. The SMILES string of the molecule is Cc1ncnc(-c2ccc(F)cc2)c1C(COC=O)Nc1cccc(Cl)c1. The van der Waals surface area contributed by atoms with Crippen LogP contribution < -0.4 is 5.32 Å². The molecule has 138 valence electrons. The molecule has 2 aromatic carbocycles. The Balaban J connectivity index is 2.05. The van der Waals surface area contributed by atoms with Crippen LogP contribution in [-0.2, 0) is 9.53 Å². The second-order valence-corrected chi connectivity index (χ2v) is 6.30. The number of nitrogens with one attached hydrogen (secondary N) is 1. The molecular formula is C20H17ClFN3O2. The molecule has 0 bridgehead atoms. The third-order valence-electron chi connectivity index (χ3n) is 4.05. The van der Waals surface area contributed by atoms with Gasteiger partial charge in [-0.3, -0.25) is 4.79 Å². The molecule has 5 nitrogen and oxygen atoms in total. The maximum Gasteiger partial charge on any atom is 0.293 e. The van der Waals surface area contributed by atoms with Crippen molar-refractivity contribution >= 4 is 23.8 Å². The first kappa shape index (κ1) is 18.8. The van der Waals surface area contributed by atoms with Gasteiger partial charge >= 0.3 is 0 Å². The Labute approximate surface area is 161 Å². The van der Waals surface area contributed by atoms with E-state index in [1.807, 2.05) is 19.1 Å². The predicted octanol–water partition coefficient (Wildman–Crippen LogP) is 4.57. The topological polar surface area (TPSA) is 64.1 Å². The number of carbonyl (C=O) groups excluding carboxylic acids is 1. The number of hydrogen-bond donors (Lipinski definition) is 1. The van der Waals surface area contributed by atoms with E-state index in [1.54, 1.807) is 24.3 Å². The molecule has 0 fully saturated rings. The molecule has 0 radical (unpaired) electrons. The van der Waals surface area contributed by atoms with Crippen molar-refractivity contribution in [3.8, 4) is 11.3 Å². The molecule has 7 heteroatoms. The molecule has 0 saturated heterocycles. The van der Waals surface area contributed by atoms with Crippen molar-refractivity contribution in [3.63, 3.8) is 0 Å². The molecule has 3 rings (SSSR count). The van der Waals surface area contributed by atoms with Crippen LogP contribution in [0.2, 0.25) is 5.02 Å². The lowest BCUT2D eigenvalue weighted by Gasteiger charge is -2.23. The standard InChI is InChI=1S/C20H17ClFN3O2/c1-13-19(20(24-11-23-13)14-5-7-16(22)8-6-14)18(10-27-12-26)25-17-4-2-3-15(21)9-17/h2-9,11-12,18,25H,10H2,1H3. The fraction of sp³-hybridized carbons (Fsp3) is 0.150. The van der Waals surface area contributed by atoms with Gasteiger partial charge in [-0.25, -0.2) is 14.4 Å². The second-order valence-electron chi connectivity index (χ2n) is 5.87. The molecule has 0 amide bonds. The molecule has 1 aromatic heterocycles. The van der Waals surface area contributed by atoms with E-state index in [0.717, 1.165) is 22.5 Å². The van der Waals surface area contributed by atoms with Crippen LogP contribution in [-0.4, -0.2) is 23.0 Å². The lowest BCUT2D eigenvalue weighted by molar-refractivity contribution is -0.129. The van der Waals surface area contributed by atoms with Crippen molar-refractivity contribution in [3.05, 3.63) is 77.0 Å². The quantitative estimate of drug-likeness (QED) is 0.603. The maximum atomic E-state index is 13.3. The van der Waals surface area contributed by atoms with E-state index in [2.05, 4.69) is 15.3 Å². The third-order valence-corrected chi connectivity index (χ3v) is 4.28. The summed E-state index contributed by atoms with van der Waals surface area (Å²) in [6, 6.07) is 12.8. The van der Waals surface area contributed by atoms with Crippen LogP contribution in [0.4, 0.5) is 10.1 Å². The molecule has 0 aliphatic carbocycles. The van der Waals surface area contributed by atoms with E-state index >= 15 is 0 Å². The van der Waals surface area contributed by atoms with Crippen molar-refractivity contribution in [1.82, 2.24) is 9.97 Å². The number of hydrogen-bond acceptors (Lipinski definition) is 5. The predicted molar refractivity (Wildman–Crippen MR) is 102 cm³/mol. The van der Waals surface area contributed by atoms with Crippen molar-refractivity contribution < 1.29 is 13.9 Å². The number of halogens is 2. The fourth-order valence-electron chi connectivity index (χ4n) is 2.85. The zero-order chi connectivity index (χ0) is 19.2. The Kier molecular flexibility index (Phi) is 5.98. The lowest BCUT2D eigenvalue weighted by Crippen LogP contribution is -2.20. The van der Waals surface area contributed by atoms with Crippen LogP contribution in [0.1, 0.15) is 17.3 Å². The van der Waals surface area contributed by atoms with Crippen molar-refractivity contribution in [2.75, 3.05) is 11.9 Å². The summed E-state index contributed by atoms with van der Waals surface area (Å²) in [6.07, 6.45) is 1.45.